The van der Waals surface area contributed by atoms with Gasteiger partial charge in [-0.25, -0.2) is 4.98 Å². The van der Waals surface area contributed by atoms with Crippen molar-refractivity contribution in [1.82, 2.24) is 14.8 Å². The molecule has 0 radical (unpaired) electrons. The smallest absolute Gasteiger partial charge is 0.253 e. The highest BCUT2D eigenvalue weighted by Crippen LogP contribution is 2.22. The van der Waals surface area contributed by atoms with Crippen LogP contribution in [0.25, 0.3) is 0 Å². The van der Waals surface area contributed by atoms with Gasteiger partial charge in [-0.15, -0.1) is 45.3 Å². The average Bonchev–Trinajstić information content (AvgIpc) is 3.16. The Morgan fingerprint density at radius 1 is 1.17 bits per heavy atom. The second-order valence-electron chi connectivity index (χ2n) is 6.93. The third-order valence-electron chi connectivity index (χ3n) is 4.86. The van der Waals surface area contributed by atoms with Gasteiger partial charge in [-0.1, -0.05) is 18.5 Å². The van der Waals surface area contributed by atoms with E-state index >= 15 is 0 Å². The number of thiazole rings is 1. The number of hydrogen-bond donors (Lipinski definition) is 0. The first kappa shape index (κ1) is 26.4. The second kappa shape index (κ2) is 12.9. The molecule has 1 aliphatic rings. The summed E-state index contributed by atoms with van der Waals surface area (Å²) < 4.78 is 0. The predicted molar refractivity (Wildman–Crippen MR) is 134 cm³/mol. The molecule has 5 nitrogen and oxygen atoms in total. The van der Waals surface area contributed by atoms with E-state index in [-0.39, 0.29) is 39.9 Å². The fraction of sp³-hybridized carbons (Fsp3) is 0.500. The van der Waals surface area contributed by atoms with Crippen LogP contribution in [0, 0.1) is 0 Å². The molecule has 1 aliphatic heterocycles. The van der Waals surface area contributed by atoms with E-state index in [0.717, 1.165) is 43.4 Å². The van der Waals surface area contributed by atoms with Gasteiger partial charge in [0.05, 0.1) is 5.69 Å². The maximum atomic E-state index is 12.5. The number of likely N-dealkylation sites (N-methyl/N-ethyl adjacent to an activating group) is 1. The molecule has 1 amide bonds. The van der Waals surface area contributed by atoms with E-state index in [1.54, 1.807) is 40.5 Å². The number of hydrogen-bond acceptors (Lipinski definition) is 5. The maximum absolute atomic E-state index is 12.5. The van der Waals surface area contributed by atoms with Crippen LogP contribution in [0.15, 0.2) is 29.6 Å². The van der Waals surface area contributed by atoms with Gasteiger partial charge in [0.25, 0.3) is 5.91 Å². The van der Waals surface area contributed by atoms with Gasteiger partial charge >= 0.3 is 0 Å². The fourth-order valence-corrected chi connectivity index (χ4v) is 4.27. The van der Waals surface area contributed by atoms with Gasteiger partial charge in [-0.05, 0) is 37.2 Å². The van der Waals surface area contributed by atoms with Gasteiger partial charge in [0.15, 0.2) is 5.13 Å². The number of carbonyl (C=O) groups excluding carboxylic acids is 1. The quantitative estimate of drug-likeness (QED) is 0.481. The molecule has 1 aromatic heterocycles. The molecule has 0 unspecified atom stereocenters. The van der Waals surface area contributed by atoms with Crippen molar-refractivity contribution in [1.29, 1.82) is 0 Å². The van der Waals surface area contributed by atoms with Gasteiger partial charge < -0.3 is 9.80 Å². The molecule has 0 N–H and O–H groups in total. The van der Waals surface area contributed by atoms with E-state index in [1.807, 2.05) is 7.05 Å². The van der Waals surface area contributed by atoms with Gasteiger partial charge in [-0.2, -0.15) is 0 Å². The highest BCUT2D eigenvalue weighted by atomic mass is 79.9. The second-order valence-corrected chi connectivity index (χ2v) is 8.21. The van der Waals surface area contributed by atoms with Crippen molar-refractivity contribution in [3.8, 4) is 0 Å². The van der Waals surface area contributed by atoms with Gasteiger partial charge in [0, 0.05) is 62.2 Å². The molecule has 1 aromatic carbocycles. The normalized spacial score (nSPS) is 14.1. The Balaban J connectivity index is 0.00000210. The minimum Gasteiger partial charge on any atom is -0.346 e. The first-order valence-corrected chi connectivity index (χ1v) is 10.8. The van der Waals surface area contributed by atoms with Crippen molar-refractivity contribution in [3.05, 3.63) is 45.9 Å². The highest BCUT2D eigenvalue weighted by molar-refractivity contribution is 8.93. The molecule has 0 bridgehead atoms. The molecule has 1 saturated heterocycles. The van der Waals surface area contributed by atoms with Crippen LogP contribution in [0.4, 0.5) is 5.13 Å². The average molecular weight is 569 g/mol. The minimum absolute atomic E-state index is 0. The molecule has 29 heavy (non-hydrogen) atoms. The van der Waals surface area contributed by atoms with Crippen molar-refractivity contribution in [2.75, 3.05) is 51.2 Å². The van der Waals surface area contributed by atoms with Crippen molar-refractivity contribution < 1.29 is 4.79 Å². The number of piperazine rings is 1. The first-order valence-electron chi connectivity index (χ1n) is 9.49. The van der Waals surface area contributed by atoms with Gasteiger partial charge in [0.2, 0.25) is 0 Å². The minimum atomic E-state index is 0. The van der Waals surface area contributed by atoms with Crippen molar-refractivity contribution in [2.45, 2.75) is 19.8 Å². The number of benzene rings is 1. The molecule has 0 saturated carbocycles. The van der Waals surface area contributed by atoms with Crippen LogP contribution in [0.2, 0.25) is 5.02 Å². The lowest BCUT2D eigenvalue weighted by Gasteiger charge is -2.34. The first-order chi connectivity index (χ1) is 13.1. The summed E-state index contributed by atoms with van der Waals surface area (Å²) in [5.74, 6) is 0.00849. The van der Waals surface area contributed by atoms with Gasteiger partial charge in [-0.3, -0.25) is 9.69 Å². The molecule has 162 valence electrons. The lowest BCUT2D eigenvalue weighted by atomic mass is 10.2. The van der Waals surface area contributed by atoms with Crippen LogP contribution in [-0.2, 0) is 6.42 Å². The van der Waals surface area contributed by atoms with E-state index in [0.29, 0.717) is 17.1 Å². The predicted octanol–water partition coefficient (Wildman–Crippen LogP) is 4.80. The molecule has 2 aromatic rings. The summed E-state index contributed by atoms with van der Waals surface area (Å²) >= 11 is 7.60. The summed E-state index contributed by atoms with van der Waals surface area (Å²) in [6, 6.07) is 7.02. The van der Waals surface area contributed by atoms with Crippen LogP contribution in [0.3, 0.4) is 0 Å². The van der Waals surface area contributed by atoms with E-state index in [9.17, 15) is 4.79 Å². The molecule has 0 spiro atoms. The number of amides is 1. The number of aromatic nitrogens is 1. The summed E-state index contributed by atoms with van der Waals surface area (Å²) in [5, 5.41) is 3.86. The standard InChI is InChI=1S/C20H27ClN4OS.2BrH/c1-3-9-24-11-13-25(14-12-24)20-22-18(15-27-20)8-10-23(2)19(26)16-4-6-17(21)7-5-16;;/h4-7,15H,3,8-14H2,1-2H3;2*1H. The molecular weight excluding hydrogens is 540 g/mol. The fourth-order valence-electron chi connectivity index (χ4n) is 3.23. The molecule has 9 heteroatoms. The molecule has 3 rings (SSSR count). The zero-order valence-electron chi connectivity index (χ0n) is 16.8. The highest BCUT2D eigenvalue weighted by Gasteiger charge is 2.19. The summed E-state index contributed by atoms with van der Waals surface area (Å²) in [5.41, 5.74) is 1.72. The zero-order valence-corrected chi connectivity index (χ0v) is 21.8. The van der Waals surface area contributed by atoms with E-state index in [4.69, 9.17) is 16.6 Å². The summed E-state index contributed by atoms with van der Waals surface area (Å²) in [6.45, 7) is 8.38. The third kappa shape index (κ3) is 7.51. The Morgan fingerprint density at radius 2 is 1.83 bits per heavy atom. The van der Waals surface area contributed by atoms with Crippen molar-refractivity contribution >= 4 is 67.9 Å². The van der Waals surface area contributed by atoms with Crippen molar-refractivity contribution in [2.24, 2.45) is 0 Å². The molecule has 0 atom stereocenters. The lowest BCUT2D eigenvalue weighted by Crippen LogP contribution is -2.46. The number of anilines is 1. The van der Waals surface area contributed by atoms with Crippen LogP contribution in [0.5, 0.6) is 0 Å². The van der Waals surface area contributed by atoms with Crippen LogP contribution in [-0.4, -0.2) is 67.0 Å². The largest absolute Gasteiger partial charge is 0.346 e. The summed E-state index contributed by atoms with van der Waals surface area (Å²) in [7, 11) is 1.83. The Kier molecular flexibility index (Phi) is 11.7. The molecule has 2 heterocycles. The van der Waals surface area contributed by atoms with Crippen LogP contribution < -0.4 is 4.90 Å². The van der Waals surface area contributed by atoms with Gasteiger partial charge in [0.1, 0.15) is 0 Å². The Hall–Kier alpha value is -0.670. The lowest BCUT2D eigenvalue weighted by molar-refractivity contribution is 0.0796. The SMILES string of the molecule is Br.Br.CCCN1CCN(c2nc(CCN(C)C(=O)c3ccc(Cl)cc3)cs2)CC1. The number of rotatable bonds is 7. The van der Waals surface area contributed by atoms with Crippen LogP contribution in [0.1, 0.15) is 29.4 Å². The Labute approximate surface area is 203 Å². The monoisotopic (exact) mass is 566 g/mol. The van der Waals surface area contributed by atoms with Crippen molar-refractivity contribution in [3.63, 3.8) is 0 Å². The Morgan fingerprint density at radius 3 is 2.45 bits per heavy atom. The molecular formula is C20H29Br2ClN4OS. The zero-order chi connectivity index (χ0) is 19.2. The van der Waals surface area contributed by atoms with E-state index in [1.165, 1.54) is 13.0 Å². The van der Waals surface area contributed by atoms with E-state index in [2.05, 4.69) is 22.1 Å². The molecule has 0 aliphatic carbocycles. The topological polar surface area (TPSA) is 39.7 Å². The van der Waals surface area contributed by atoms with Crippen LogP contribution >= 0.6 is 56.9 Å². The number of halogens is 3. The summed E-state index contributed by atoms with van der Waals surface area (Å²) in [4.78, 5) is 23.9. The number of carbonyl (C=O) groups is 1. The number of nitrogens with zero attached hydrogens (tertiary/aromatic N) is 4. The summed E-state index contributed by atoms with van der Waals surface area (Å²) in [6.07, 6.45) is 1.98. The Bertz CT molecular complexity index is 751. The van der Waals surface area contributed by atoms with E-state index < -0.39 is 0 Å². The maximum Gasteiger partial charge on any atom is 0.253 e. The third-order valence-corrected chi connectivity index (χ3v) is 6.07. The molecule has 1 fully saturated rings.